The number of primary amides is 1. The SMILES string of the molecule is NC(=O)CC=Cc1ccncc1. The summed E-state index contributed by atoms with van der Waals surface area (Å²) in [4.78, 5) is 14.2. The highest BCUT2D eigenvalue weighted by atomic mass is 16.1. The minimum absolute atomic E-state index is 0.280. The molecule has 3 heteroatoms. The lowest BCUT2D eigenvalue weighted by atomic mass is 10.2. The molecule has 0 bridgehead atoms. The fourth-order valence-corrected chi connectivity index (χ4v) is 0.786. The van der Waals surface area contributed by atoms with Gasteiger partial charge in [0.15, 0.2) is 0 Å². The van der Waals surface area contributed by atoms with E-state index in [1.807, 2.05) is 18.2 Å². The number of hydrogen-bond acceptors (Lipinski definition) is 2. The van der Waals surface area contributed by atoms with Crippen molar-refractivity contribution in [3.05, 3.63) is 36.2 Å². The summed E-state index contributed by atoms with van der Waals surface area (Å²) in [5.74, 6) is -0.319. The monoisotopic (exact) mass is 162 g/mol. The molecule has 0 saturated carbocycles. The van der Waals surface area contributed by atoms with Crippen molar-refractivity contribution in [2.75, 3.05) is 0 Å². The van der Waals surface area contributed by atoms with Crippen LogP contribution >= 0.6 is 0 Å². The fourth-order valence-electron chi connectivity index (χ4n) is 0.786. The first-order valence-corrected chi connectivity index (χ1v) is 3.64. The number of hydrogen-bond donors (Lipinski definition) is 1. The van der Waals surface area contributed by atoms with Crippen LogP contribution in [0.3, 0.4) is 0 Å². The summed E-state index contributed by atoms with van der Waals surface area (Å²) in [7, 11) is 0. The number of aromatic nitrogens is 1. The predicted molar refractivity (Wildman–Crippen MR) is 47.1 cm³/mol. The maximum atomic E-state index is 10.3. The van der Waals surface area contributed by atoms with Crippen LogP contribution in [0.4, 0.5) is 0 Å². The van der Waals surface area contributed by atoms with E-state index < -0.39 is 0 Å². The second kappa shape index (κ2) is 4.28. The van der Waals surface area contributed by atoms with Gasteiger partial charge in [-0.3, -0.25) is 9.78 Å². The zero-order valence-corrected chi connectivity index (χ0v) is 6.60. The van der Waals surface area contributed by atoms with Gasteiger partial charge in [0.2, 0.25) is 5.91 Å². The van der Waals surface area contributed by atoms with Crippen LogP contribution in [0.25, 0.3) is 6.08 Å². The van der Waals surface area contributed by atoms with Crippen molar-refractivity contribution in [1.82, 2.24) is 4.98 Å². The third kappa shape index (κ3) is 2.96. The Morgan fingerprint density at radius 3 is 2.75 bits per heavy atom. The van der Waals surface area contributed by atoms with Crippen LogP contribution in [0.15, 0.2) is 30.6 Å². The van der Waals surface area contributed by atoms with Crippen molar-refractivity contribution in [2.45, 2.75) is 6.42 Å². The van der Waals surface area contributed by atoms with Crippen molar-refractivity contribution in [1.29, 1.82) is 0 Å². The molecule has 0 fully saturated rings. The molecule has 0 saturated heterocycles. The lowest BCUT2D eigenvalue weighted by Crippen LogP contribution is -2.07. The van der Waals surface area contributed by atoms with Crippen LogP contribution in [0, 0.1) is 0 Å². The lowest BCUT2D eigenvalue weighted by Gasteiger charge is -1.89. The summed E-state index contributed by atoms with van der Waals surface area (Å²) >= 11 is 0. The van der Waals surface area contributed by atoms with Gasteiger partial charge in [0, 0.05) is 18.8 Å². The molecule has 1 amide bonds. The van der Waals surface area contributed by atoms with Crippen LogP contribution in [0.2, 0.25) is 0 Å². The third-order valence-electron chi connectivity index (χ3n) is 1.34. The molecule has 2 N–H and O–H groups in total. The summed E-state index contributed by atoms with van der Waals surface area (Å²) in [6.07, 6.45) is 7.25. The Morgan fingerprint density at radius 1 is 1.50 bits per heavy atom. The highest BCUT2D eigenvalue weighted by molar-refractivity contribution is 5.76. The van der Waals surface area contributed by atoms with Crippen LogP contribution in [0.5, 0.6) is 0 Å². The normalized spacial score (nSPS) is 10.3. The summed E-state index contributed by atoms with van der Waals surface area (Å²) < 4.78 is 0. The molecule has 0 aliphatic heterocycles. The Hall–Kier alpha value is -1.64. The summed E-state index contributed by atoms with van der Waals surface area (Å²) in [6.45, 7) is 0. The van der Waals surface area contributed by atoms with E-state index in [0.29, 0.717) is 0 Å². The highest BCUT2D eigenvalue weighted by Gasteiger charge is 1.87. The van der Waals surface area contributed by atoms with E-state index in [9.17, 15) is 4.79 Å². The van der Waals surface area contributed by atoms with Crippen molar-refractivity contribution in [3.8, 4) is 0 Å². The molecule has 1 heterocycles. The fraction of sp³-hybridized carbons (Fsp3) is 0.111. The summed E-state index contributed by atoms with van der Waals surface area (Å²) in [5.41, 5.74) is 5.97. The van der Waals surface area contributed by atoms with Gasteiger partial charge < -0.3 is 5.73 Å². The molecule has 0 aliphatic rings. The predicted octanol–water partition coefficient (Wildman–Crippen LogP) is 0.970. The first kappa shape index (κ1) is 8.46. The lowest BCUT2D eigenvalue weighted by molar-refractivity contribution is -0.117. The van der Waals surface area contributed by atoms with E-state index in [-0.39, 0.29) is 12.3 Å². The van der Waals surface area contributed by atoms with Gasteiger partial charge in [-0.2, -0.15) is 0 Å². The molecule has 0 unspecified atom stereocenters. The van der Waals surface area contributed by atoms with E-state index in [1.165, 1.54) is 0 Å². The quantitative estimate of drug-likeness (QED) is 0.720. The molecule has 3 nitrogen and oxygen atoms in total. The number of rotatable bonds is 3. The van der Waals surface area contributed by atoms with Gasteiger partial charge in [-0.1, -0.05) is 12.2 Å². The third-order valence-corrected chi connectivity index (χ3v) is 1.34. The smallest absolute Gasteiger partial charge is 0.221 e. The Labute approximate surface area is 70.9 Å². The molecule has 1 aromatic rings. The number of nitrogens with zero attached hydrogens (tertiary/aromatic N) is 1. The van der Waals surface area contributed by atoms with Crippen LogP contribution < -0.4 is 5.73 Å². The summed E-state index contributed by atoms with van der Waals surface area (Å²) in [5, 5.41) is 0. The number of carbonyl (C=O) groups is 1. The first-order valence-electron chi connectivity index (χ1n) is 3.64. The van der Waals surface area contributed by atoms with Gasteiger partial charge in [0.05, 0.1) is 0 Å². The van der Waals surface area contributed by atoms with Crippen LogP contribution in [-0.2, 0) is 4.79 Å². The number of pyridine rings is 1. The Kier molecular flexibility index (Phi) is 3.02. The second-order valence-corrected chi connectivity index (χ2v) is 2.35. The molecule has 0 radical (unpaired) electrons. The van der Waals surface area contributed by atoms with Crippen molar-refractivity contribution in [2.24, 2.45) is 5.73 Å². The van der Waals surface area contributed by atoms with Gasteiger partial charge >= 0.3 is 0 Å². The summed E-state index contributed by atoms with van der Waals surface area (Å²) in [6, 6.07) is 3.72. The molecule has 12 heavy (non-hydrogen) atoms. The van der Waals surface area contributed by atoms with Gasteiger partial charge in [0.25, 0.3) is 0 Å². The van der Waals surface area contributed by atoms with E-state index in [2.05, 4.69) is 4.98 Å². The van der Waals surface area contributed by atoms with Crippen molar-refractivity contribution < 1.29 is 4.79 Å². The van der Waals surface area contributed by atoms with E-state index >= 15 is 0 Å². The van der Waals surface area contributed by atoms with Gasteiger partial charge in [0.1, 0.15) is 0 Å². The minimum Gasteiger partial charge on any atom is -0.369 e. The molecule has 0 atom stereocenters. The molecular weight excluding hydrogens is 152 g/mol. The Morgan fingerprint density at radius 2 is 2.17 bits per heavy atom. The van der Waals surface area contributed by atoms with Crippen LogP contribution in [-0.4, -0.2) is 10.9 Å². The van der Waals surface area contributed by atoms with E-state index in [1.54, 1.807) is 18.5 Å². The molecule has 0 aliphatic carbocycles. The van der Waals surface area contributed by atoms with Crippen molar-refractivity contribution in [3.63, 3.8) is 0 Å². The standard InChI is InChI=1S/C9H10N2O/c10-9(12)3-1-2-8-4-6-11-7-5-8/h1-2,4-7H,3H2,(H2,10,12). The maximum Gasteiger partial charge on any atom is 0.221 e. The highest BCUT2D eigenvalue weighted by Crippen LogP contribution is 1.99. The number of carbonyl (C=O) groups excluding carboxylic acids is 1. The molecule has 62 valence electrons. The number of nitrogens with two attached hydrogens (primary N) is 1. The Balaban J connectivity index is 2.52. The van der Waals surface area contributed by atoms with Gasteiger partial charge in [-0.25, -0.2) is 0 Å². The maximum absolute atomic E-state index is 10.3. The van der Waals surface area contributed by atoms with Gasteiger partial charge in [-0.05, 0) is 17.7 Å². The zero-order valence-electron chi connectivity index (χ0n) is 6.60. The largest absolute Gasteiger partial charge is 0.369 e. The average molecular weight is 162 g/mol. The molecule has 0 aromatic carbocycles. The second-order valence-electron chi connectivity index (χ2n) is 2.35. The average Bonchev–Trinajstić information content (AvgIpc) is 2.05. The zero-order chi connectivity index (χ0) is 8.81. The van der Waals surface area contributed by atoms with Crippen molar-refractivity contribution >= 4 is 12.0 Å². The minimum atomic E-state index is -0.319. The van der Waals surface area contributed by atoms with Gasteiger partial charge in [-0.15, -0.1) is 0 Å². The number of amides is 1. The first-order chi connectivity index (χ1) is 5.79. The molecular formula is C9H10N2O. The van der Waals surface area contributed by atoms with E-state index in [4.69, 9.17) is 5.73 Å². The van der Waals surface area contributed by atoms with Crippen LogP contribution in [0.1, 0.15) is 12.0 Å². The molecule has 1 aromatic heterocycles. The molecule has 1 rings (SSSR count). The van der Waals surface area contributed by atoms with E-state index in [0.717, 1.165) is 5.56 Å². The Bertz CT molecular complexity index is 280. The topological polar surface area (TPSA) is 56.0 Å². The molecule has 0 spiro atoms.